The standard InChI is InChI=1S/C11H13FN6/c12-9-7-16-11(18-13)17-10(9)15-6-4-8-3-1-2-5-14-8/h1-3,5,7H,4,6,13H2,(H2,15,16,17,18). The van der Waals surface area contributed by atoms with E-state index in [9.17, 15) is 4.39 Å². The van der Waals surface area contributed by atoms with E-state index in [0.29, 0.717) is 13.0 Å². The van der Waals surface area contributed by atoms with E-state index in [1.54, 1.807) is 6.20 Å². The fourth-order valence-electron chi connectivity index (χ4n) is 1.42. The van der Waals surface area contributed by atoms with E-state index in [-0.39, 0.29) is 11.8 Å². The summed E-state index contributed by atoms with van der Waals surface area (Å²) in [5, 5.41) is 2.87. The molecule has 0 fully saturated rings. The van der Waals surface area contributed by atoms with Crippen LogP contribution in [0.15, 0.2) is 30.6 Å². The molecule has 0 radical (unpaired) electrons. The van der Waals surface area contributed by atoms with Gasteiger partial charge >= 0.3 is 0 Å². The molecular formula is C11H13FN6. The molecule has 0 unspecified atom stereocenters. The zero-order valence-electron chi connectivity index (χ0n) is 9.60. The normalized spacial score (nSPS) is 10.1. The number of nitrogen functional groups attached to an aromatic ring is 1. The summed E-state index contributed by atoms with van der Waals surface area (Å²) >= 11 is 0. The van der Waals surface area contributed by atoms with E-state index in [1.165, 1.54) is 0 Å². The van der Waals surface area contributed by atoms with Gasteiger partial charge in [0.1, 0.15) is 0 Å². The molecule has 94 valence electrons. The summed E-state index contributed by atoms with van der Waals surface area (Å²) in [6, 6.07) is 5.66. The van der Waals surface area contributed by atoms with Gasteiger partial charge in [-0.15, -0.1) is 0 Å². The van der Waals surface area contributed by atoms with Gasteiger partial charge in [0.05, 0.1) is 6.20 Å². The molecule has 0 saturated carbocycles. The second kappa shape index (κ2) is 5.87. The number of hydrazine groups is 1. The third-order valence-electron chi connectivity index (χ3n) is 2.27. The van der Waals surface area contributed by atoms with Crippen LogP contribution in [-0.2, 0) is 6.42 Å². The van der Waals surface area contributed by atoms with Gasteiger partial charge in [-0.1, -0.05) is 6.07 Å². The van der Waals surface area contributed by atoms with Crippen molar-refractivity contribution >= 4 is 11.8 Å². The lowest BCUT2D eigenvalue weighted by atomic mass is 10.3. The summed E-state index contributed by atoms with van der Waals surface area (Å²) in [7, 11) is 0. The van der Waals surface area contributed by atoms with Gasteiger partial charge in [-0.05, 0) is 12.1 Å². The first-order valence-corrected chi connectivity index (χ1v) is 5.42. The molecule has 0 amide bonds. The highest BCUT2D eigenvalue weighted by molar-refractivity contribution is 5.40. The van der Waals surface area contributed by atoms with E-state index in [4.69, 9.17) is 5.84 Å². The predicted molar refractivity (Wildman–Crippen MR) is 66.2 cm³/mol. The number of pyridine rings is 1. The maximum atomic E-state index is 13.4. The summed E-state index contributed by atoms with van der Waals surface area (Å²) < 4.78 is 13.4. The Hall–Kier alpha value is -2.28. The van der Waals surface area contributed by atoms with Crippen LogP contribution in [0.2, 0.25) is 0 Å². The third-order valence-corrected chi connectivity index (χ3v) is 2.27. The summed E-state index contributed by atoms with van der Waals surface area (Å²) in [6.45, 7) is 0.523. The van der Waals surface area contributed by atoms with E-state index < -0.39 is 5.82 Å². The number of aromatic nitrogens is 3. The third kappa shape index (κ3) is 3.11. The molecule has 4 N–H and O–H groups in total. The monoisotopic (exact) mass is 248 g/mol. The number of nitrogens with zero attached hydrogens (tertiary/aromatic N) is 3. The molecule has 2 heterocycles. The minimum atomic E-state index is -0.518. The lowest BCUT2D eigenvalue weighted by molar-refractivity contribution is 0.617. The van der Waals surface area contributed by atoms with E-state index in [2.05, 4.69) is 25.7 Å². The first-order chi connectivity index (χ1) is 8.79. The smallest absolute Gasteiger partial charge is 0.239 e. The van der Waals surface area contributed by atoms with Crippen molar-refractivity contribution in [3.05, 3.63) is 42.1 Å². The molecule has 0 spiro atoms. The second-order valence-corrected chi connectivity index (χ2v) is 3.53. The molecule has 2 aromatic rings. The van der Waals surface area contributed by atoms with Crippen LogP contribution in [0.4, 0.5) is 16.2 Å². The highest BCUT2D eigenvalue weighted by atomic mass is 19.1. The molecule has 0 aliphatic heterocycles. The molecule has 2 aromatic heterocycles. The number of halogens is 1. The first-order valence-electron chi connectivity index (χ1n) is 5.42. The van der Waals surface area contributed by atoms with Crippen molar-refractivity contribution in [3.8, 4) is 0 Å². The van der Waals surface area contributed by atoms with Crippen LogP contribution in [0, 0.1) is 5.82 Å². The highest BCUT2D eigenvalue weighted by Crippen LogP contribution is 2.11. The van der Waals surface area contributed by atoms with E-state index in [1.807, 2.05) is 18.2 Å². The summed E-state index contributed by atoms with van der Waals surface area (Å²) in [4.78, 5) is 11.7. The van der Waals surface area contributed by atoms with Crippen LogP contribution < -0.4 is 16.6 Å². The van der Waals surface area contributed by atoms with Crippen LogP contribution >= 0.6 is 0 Å². The number of hydrogen-bond donors (Lipinski definition) is 3. The van der Waals surface area contributed by atoms with Crippen molar-refractivity contribution in [3.63, 3.8) is 0 Å². The van der Waals surface area contributed by atoms with E-state index >= 15 is 0 Å². The Kier molecular flexibility index (Phi) is 3.98. The first kappa shape index (κ1) is 12.2. The van der Waals surface area contributed by atoms with Gasteiger partial charge in [0.15, 0.2) is 11.6 Å². The maximum absolute atomic E-state index is 13.4. The van der Waals surface area contributed by atoms with Gasteiger partial charge in [0, 0.05) is 24.9 Å². The Morgan fingerprint density at radius 3 is 2.89 bits per heavy atom. The van der Waals surface area contributed by atoms with Gasteiger partial charge in [-0.25, -0.2) is 15.2 Å². The molecule has 0 atom stereocenters. The van der Waals surface area contributed by atoms with Gasteiger partial charge in [0.25, 0.3) is 0 Å². The molecule has 2 rings (SSSR count). The van der Waals surface area contributed by atoms with Crippen LogP contribution in [-0.4, -0.2) is 21.5 Å². The van der Waals surface area contributed by atoms with Crippen LogP contribution in [0.5, 0.6) is 0 Å². The molecule has 7 heteroatoms. The number of hydrogen-bond acceptors (Lipinski definition) is 6. The van der Waals surface area contributed by atoms with Gasteiger partial charge in [-0.3, -0.25) is 10.4 Å². The van der Waals surface area contributed by atoms with Gasteiger partial charge in [-0.2, -0.15) is 4.98 Å². The van der Waals surface area contributed by atoms with Crippen LogP contribution in [0.1, 0.15) is 5.69 Å². The Bertz CT molecular complexity index is 504. The zero-order chi connectivity index (χ0) is 12.8. The molecule has 0 saturated heterocycles. The number of nitrogens with one attached hydrogen (secondary N) is 2. The predicted octanol–water partition coefficient (Wildman–Crippen LogP) is 0.951. The summed E-state index contributed by atoms with van der Waals surface area (Å²) in [5.74, 6) is 4.92. The van der Waals surface area contributed by atoms with Crippen LogP contribution in [0.25, 0.3) is 0 Å². The maximum Gasteiger partial charge on any atom is 0.239 e. The van der Waals surface area contributed by atoms with E-state index in [0.717, 1.165) is 11.9 Å². The molecular weight excluding hydrogens is 235 g/mol. The second-order valence-electron chi connectivity index (χ2n) is 3.53. The van der Waals surface area contributed by atoms with Gasteiger partial charge in [0.2, 0.25) is 5.95 Å². The molecule has 6 nitrogen and oxygen atoms in total. The summed E-state index contributed by atoms with van der Waals surface area (Å²) in [6.07, 6.45) is 3.46. The minimum Gasteiger partial charge on any atom is -0.367 e. The number of nitrogens with two attached hydrogens (primary N) is 1. The molecule has 0 aromatic carbocycles. The SMILES string of the molecule is NNc1ncc(F)c(NCCc2ccccn2)n1. The van der Waals surface area contributed by atoms with Crippen molar-refractivity contribution in [2.75, 3.05) is 17.3 Å². The fourth-order valence-corrected chi connectivity index (χ4v) is 1.42. The highest BCUT2D eigenvalue weighted by Gasteiger charge is 2.05. The molecule has 0 aliphatic rings. The fraction of sp³-hybridized carbons (Fsp3) is 0.182. The Balaban J connectivity index is 1.94. The Morgan fingerprint density at radius 1 is 1.28 bits per heavy atom. The largest absolute Gasteiger partial charge is 0.367 e. The van der Waals surface area contributed by atoms with Crippen molar-refractivity contribution in [1.82, 2.24) is 15.0 Å². The number of rotatable bonds is 5. The number of anilines is 2. The van der Waals surface area contributed by atoms with Crippen molar-refractivity contribution in [1.29, 1.82) is 0 Å². The zero-order valence-corrected chi connectivity index (χ0v) is 9.60. The average molecular weight is 248 g/mol. The topological polar surface area (TPSA) is 88.8 Å². The summed E-state index contributed by atoms with van der Waals surface area (Å²) in [5.41, 5.74) is 3.19. The lowest BCUT2D eigenvalue weighted by Gasteiger charge is -2.07. The van der Waals surface area contributed by atoms with Crippen molar-refractivity contribution in [2.24, 2.45) is 5.84 Å². The average Bonchev–Trinajstić information content (AvgIpc) is 2.42. The quantitative estimate of drug-likeness (QED) is 0.539. The van der Waals surface area contributed by atoms with Crippen LogP contribution in [0.3, 0.4) is 0 Å². The minimum absolute atomic E-state index is 0.119. The lowest BCUT2D eigenvalue weighted by Crippen LogP contribution is -2.14. The molecule has 18 heavy (non-hydrogen) atoms. The van der Waals surface area contributed by atoms with Crippen molar-refractivity contribution in [2.45, 2.75) is 6.42 Å². The molecule has 0 aliphatic carbocycles. The Morgan fingerprint density at radius 2 is 2.17 bits per heavy atom. The molecule has 0 bridgehead atoms. The van der Waals surface area contributed by atoms with Gasteiger partial charge < -0.3 is 5.32 Å². The Labute approximate surface area is 103 Å². The van der Waals surface area contributed by atoms with Crippen molar-refractivity contribution < 1.29 is 4.39 Å².